The summed E-state index contributed by atoms with van der Waals surface area (Å²) in [6, 6.07) is 8.47. The van der Waals surface area contributed by atoms with E-state index in [4.69, 9.17) is 5.11 Å². The van der Waals surface area contributed by atoms with E-state index in [1.54, 1.807) is 30.3 Å². The fourth-order valence-electron chi connectivity index (χ4n) is 0.993. The Kier molecular flexibility index (Phi) is 4.03. The van der Waals surface area contributed by atoms with Crippen LogP contribution in [-0.2, 0) is 9.59 Å². The van der Waals surface area contributed by atoms with Crippen LogP contribution >= 0.6 is 0 Å². The lowest BCUT2D eigenvalue weighted by Gasteiger charge is -2.10. The Morgan fingerprint density at radius 2 is 1.81 bits per heavy atom. The predicted molar refractivity (Wildman–Crippen MR) is 56.2 cm³/mol. The number of ketones is 1. The molecule has 0 heterocycles. The topological polar surface area (TPSA) is 77.4 Å². The number of carboxylic acid groups (broad SMARTS) is 1. The van der Waals surface area contributed by atoms with Crippen LogP contribution in [-0.4, -0.2) is 16.9 Å². The zero-order valence-corrected chi connectivity index (χ0v) is 8.29. The molecular weight excluding hydrogens is 208 g/mol. The van der Waals surface area contributed by atoms with Crippen LogP contribution in [0.1, 0.15) is 5.56 Å². The largest absolute Gasteiger partial charge is 0.872 e. The average molecular weight is 217 g/mol. The minimum absolute atomic E-state index is 0.282. The van der Waals surface area contributed by atoms with E-state index < -0.39 is 11.8 Å². The predicted octanol–water partition coefficient (Wildman–Crippen LogP) is 0.598. The van der Waals surface area contributed by atoms with Gasteiger partial charge >= 0.3 is 5.97 Å². The van der Waals surface area contributed by atoms with Crippen LogP contribution in [0.3, 0.4) is 0 Å². The lowest BCUT2D eigenvalue weighted by molar-refractivity contribution is -0.243. The van der Waals surface area contributed by atoms with E-state index in [-0.39, 0.29) is 5.76 Å². The summed E-state index contributed by atoms with van der Waals surface area (Å²) in [4.78, 5) is 20.8. The summed E-state index contributed by atoms with van der Waals surface area (Å²) >= 11 is 0. The molecule has 0 bridgehead atoms. The minimum atomic E-state index is -1.54. The number of allylic oxidation sites excluding steroid dienone is 2. The number of rotatable bonds is 4. The van der Waals surface area contributed by atoms with Crippen LogP contribution in [0.2, 0.25) is 0 Å². The van der Waals surface area contributed by atoms with E-state index in [1.807, 2.05) is 0 Å². The van der Waals surface area contributed by atoms with Gasteiger partial charge in [-0.3, -0.25) is 4.79 Å². The van der Waals surface area contributed by atoms with E-state index in [0.29, 0.717) is 5.56 Å². The first kappa shape index (κ1) is 11.7. The van der Waals surface area contributed by atoms with Crippen molar-refractivity contribution in [1.82, 2.24) is 0 Å². The SMILES string of the molecule is O=C(O)C(=O)/C=C/C=C(\[O-])c1ccccc1. The van der Waals surface area contributed by atoms with Gasteiger partial charge in [0.05, 0.1) is 0 Å². The zero-order chi connectivity index (χ0) is 12.0. The van der Waals surface area contributed by atoms with E-state index in [2.05, 4.69) is 0 Å². The molecule has 0 aliphatic carbocycles. The lowest BCUT2D eigenvalue weighted by atomic mass is 10.2. The Balaban J connectivity index is 2.72. The van der Waals surface area contributed by atoms with Crippen molar-refractivity contribution in [1.29, 1.82) is 0 Å². The van der Waals surface area contributed by atoms with Crippen LogP contribution in [0, 0.1) is 0 Å². The first-order valence-electron chi connectivity index (χ1n) is 4.49. The number of aliphatic carboxylic acids is 1. The molecule has 0 spiro atoms. The number of benzene rings is 1. The first-order valence-corrected chi connectivity index (χ1v) is 4.49. The maximum atomic E-state index is 11.4. The lowest BCUT2D eigenvalue weighted by Crippen LogP contribution is -2.08. The highest BCUT2D eigenvalue weighted by atomic mass is 16.4. The van der Waals surface area contributed by atoms with E-state index in [9.17, 15) is 14.7 Å². The molecule has 82 valence electrons. The molecule has 16 heavy (non-hydrogen) atoms. The van der Waals surface area contributed by atoms with Crippen molar-refractivity contribution in [2.45, 2.75) is 0 Å². The second kappa shape index (κ2) is 5.50. The van der Waals surface area contributed by atoms with Gasteiger partial charge in [0.1, 0.15) is 0 Å². The van der Waals surface area contributed by atoms with Crippen molar-refractivity contribution in [2.75, 3.05) is 0 Å². The second-order valence-electron chi connectivity index (χ2n) is 2.93. The summed E-state index contributed by atoms with van der Waals surface area (Å²) in [5.74, 6) is -2.89. The van der Waals surface area contributed by atoms with Crippen molar-refractivity contribution in [3.05, 3.63) is 54.1 Å². The zero-order valence-electron chi connectivity index (χ0n) is 8.29. The molecule has 0 aliphatic rings. The summed E-state index contributed by atoms with van der Waals surface area (Å²) in [6.45, 7) is 0. The second-order valence-corrected chi connectivity index (χ2v) is 2.93. The maximum absolute atomic E-state index is 11.4. The van der Waals surface area contributed by atoms with Gasteiger partial charge < -0.3 is 10.2 Å². The Labute approximate surface area is 92.2 Å². The van der Waals surface area contributed by atoms with Gasteiger partial charge in [-0.2, -0.15) is 0 Å². The third kappa shape index (κ3) is 3.42. The van der Waals surface area contributed by atoms with Gasteiger partial charge in [-0.1, -0.05) is 42.5 Å². The maximum Gasteiger partial charge on any atom is 0.376 e. The molecule has 0 saturated carbocycles. The molecule has 1 rings (SSSR count). The molecule has 0 atom stereocenters. The molecule has 0 aromatic heterocycles. The summed E-state index contributed by atoms with van der Waals surface area (Å²) < 4.78 is 0. The van der Waals surface area contributed by atoms with Crippen LogP contribution in [0.5, 0.6) is 0 Å². The smallest absolute Gasteiger partial charge is 0.376 e. The number of carbonyl (C=O) groups excluding carboxylic acids is 1. The summed E-state index contributed by atoms with van der Waals surface area (Å²) in [5, 5.41) is 19.7. The van der Waals surface area contributed by atoms with E-state index in [0.717, 1.165) is 18.2 Å². The highest BCUT2D eigenvalue weighted by Crippen LogP contribution is 2.06. The van der Waals surface area contributed by atoms with Crippen molar-refractivity contribution in [3.8, 4) is 0 Å². The van der Waals surface area contributed by atoms with Crippen molar-refractivity contribution in [2.24, 2.45) is 0 Å². The van der Waals surface area contributed by atoms with Crippen molar-refractivity contribution >= 4 is 17.5 Å². The Hall–Kier alpha value is -2.36. The minimum Gasteiger partial charge on any atom is -0.872 e. The van der Waals surface area contributed by atoms with Gasteiger partial charge in [0.15, 0.2) is 0 Å². The highest BCUT2D eigenvalue weighted by Gasteiger charge is 2.04. The Morgan fingerprint density at radius 1 is 1.19 bits per heavy atom. The fraction of sp³-hybridized carbons (Fsp3) is 0. The van der Waals surface area contributed by atoms with Gasteiger partial charge in [0.25, 0.3) is 5.78 Å². The standard InChI is InChI=1S/C12H10O4/c13-10(9-5-2-1-3-6-9)7-4-8-11(14)12(15)16/h1-8,13H,(H,15,16)/p-1/b8-4+,10-7-. The fourth-order valence-corrected chi connectivity index (χ4v) is 0.993. The molecule has 1 aromatic rings. The molecule has 0 aliphatic heterocycles. The van der Waals surface area contributed by atoms with Crippen LogP contribution in [0.25, 0.3) is 5.76 Å². The summed E-state index contributed by atoms with van der Waals surface area (Å²) in [5.41, 5.74) is 0.481. The quantitative estimate of drug-likeness (QED) is 0.346. The van der Waals surface area contributed by atoms with Gasteiger partial charge in [0, 0.05) is 0 Å². The van der Waals surface area contributed by atoms with Gasteiger partial charge in [0.2, 0.25) is 0 Å². The third-order valence-electron chi connectivity index (χ3n) is 1.76. The molecule has 1 aromatic carbocycles. The van der Waals surface area contributed by atoms with Gasteiger partial charge in [-0.25, -0.2) is 4.79 Å². The Morgan fingerprint density at radius 3 is 2.38 bits per heavy atom. The molecule has 0 radical (unpaired) electrons. The van der Waals surface area contributed by atoms with Crippen LogP contribution in [0.15, 0.2) is 48.6 Å². The highest BCUT2D eigenvalue weighted by molar-refractivity contribution is 6.37. The van der Waals surface area contributed by atoms with Crippen molar-refractivity contribution in [3.63, 3.8) is 0 Å². The van der Waals surface area contributed by atoms with Crippen molar-refractivity contribution < 1.29 is 19.8 Å². The number of carboxylic acids is 1. The molecular formula is C12H9O4-. The van der Waals surface area contributed by atoms with Crippen LogP contribution < -0.4 is 5.11 Å². The Bertz CT molecular complexity index is 443. The molecule has 0 fully saturated rings. The van der Waals surface area contributed by atoms with Crippen LogP contribution in [0.4, 0.5) is 0 Å². The van der Waals surface area contributed by atoms with Gasteiger partial charge in [-0.05, 0) is 11.6 Å². The molecule has 4 heteroatoms. The molecule has 0 amide bonds. The first-order chi connectivity index (χ1) is 7.61. The molecule has 4 nitrogen and oxygen atoms in total. The molecule has 1 N–H and O–H groups in total. The van der Waals surface area contributed by atoms with E-state index in [1.165, 1.54) is 0 Å². The molecule has 0 unspecified atom stereocenters. The average Bonchev–Trinajstić information content (AvgIpc) is 2.29. The monoisotopic (exact) mass is 217 g/mol. The van der Waals surface area contributed by atoms with Gasteiger partial charge in [-0.15, -0.1) is 5.76 Å². The third-order valence-corrected chi connectivity index (χ3v) is 1.76. The normalized spacial score (nSPS) is 11.6. The summed E-state index contributed by atoms with van der Waals surface area (Å²) in [6.07, 6.45) is 3.12. The number of carbonyl (C=O) groups is 2. The molecule has 0 saturated heterocycles. The number of hydrogen-bond donors (Lipinski definition) is 1. The summed E-state index contributed by atoms with van der Waals surface area (Å²) in [7, 11) is 0. The van der Waals surface area contributed by atoms with E-state index >= 15 is 0 Å². The number of hydrogen-bond acceptors (Lipinski definition) is 3.